The van der Waals surface area contributed by atoms with E-state index in [1.54, 1.807) is 6.92 Å². The number of carboxylic acids is 1. The van der Waals surface area contributed by atoms with Crippen LogP contribution in [0.25, 0.3) is 0 Å². The van der Waals surface area contributed by atoms with E-state index in [-0.39, 0.29) is 29.8 Å². The highest BCUT2D eigenvalue weighted by molar-refractivity contribution is 5.66. The van der Waals surface area contributed by atoms with Gasteiger partial charge in [-0.3, -0.25) is 4.79 Å². The number of allylic oxidation sites excluding steroid dienone is 3. The van der Waals surface area contributed by atoms with Gasteiger partial charge in [-0.2, -0.15) is 0 Å². The number of aliphatic hydroxyl groups excluding tert-OH is 2. The zero-order chi connectivity index (χ0) is 20.4. The van der Waals surface area contributed by atoms with Crippen LogP contribution in [0.1, 0.15) is 66.2 Å². The molecule has 0 spiro atoms. The van der Waals surface area contributed by atoms with Crippen LogP contribution in [-0.2, 0) is 4.79 Å². The molecule has 0 aromatic carbocycles. The van der Waals surface area contributed by atoms with Crippen molar-refractivity contribution in [1.29, 1.82) is 0 Å². The first-order valence-electron chi connectivity index (χ1n) is 10.00. The molecule has 5 atom stereocenters. The summed E-state index contributed by atoms with van der Waals surface area (Å²) in [5.41, 5.74) is -0.306. The molecule has 0 radical (unpaired) electrons. The minimum atomic E-state index is -0.764. The molecule has 4 nitrogen and oxygen atoms in total. The van der Waals surface area contributed by atoms with E-state index in [0.29, 0.717) is 18.8 Å². The maximum atomic E-state index is 10.5. The van der Waals surface area contributed by atoms with E-state index in [0.717, 1.165) is 19.3 Å². The first-order chi connectivity index (χ1) is 12.7. The van der Waals surface area contributed by atoms with Gasteiger partial charge in [-0.1, -0.05) is 45.1 Å². The van der Waals surface area contributed by atoms with Gasteiger partial charge in [-0.25, -0.2) is 0 Å². The maximum absolute atomic E-state index is 10.5. The van der Waals surface area contributed by atoms with Crippen molar-refractivity contribution < 1.29 is 20.1 Å². The van der Waals surface area contributed by atoms with Gasteiger partial charge in [0.05, 0.1) is 12.2 Å². The lowest BCUT2D eigenvalue weighted by Crippen LogP contribution is -2.27. The Bertz CT molecular complexity index is 579. The summed E-state index contributed by atoms with van der Waals surface area (Å²) in [5, 5.41) is 29.6. The third kappa shape index (κ3) is 7.91. The first kappa shape index (κ1) is 23.5. The molecule has 0 saturated heterocycles. The Hall–Kier alpha value is -1.57. The number of carboxylic acid groups (broad SMARTS) is 1. The minimum absolute atomic E-state index is 0.137. The molecule has 1 rings (SSSR count). The molecule has 0 aromatic rings. The Labute approximate surface area is 164 Å². The Morgan fingerprint density at radius 1 is 1.33 bits per heavy atom. The van der Waals surface area contributed by atoms with Crippen molar-refractivity contribution in [1.82, 2.24) is 0 Å². The third-order valence-corrected chi connectivity index (χ3v) is 5.63. The van der Waals surface area contributed by atoms with Crippen molar-refractivity contribution in [3.8, 4) is 11.8 Å². The molecule has 152 valence electrons. The van der Waals surface area contributed by atoms with Gasteiger partial charge in [0.1, 0.15) is 0 Å². The monoisotopic (exact) mass is 376 g/mol. The molecule has 0 unspecified atom stereocenters. The van der Waals surface area contributed by atoms with Crippen molar-refractivity contribution in [3.63, 3.8) is 0 Å². The Balaban J connectivity index is 2.65. The van der Waals surface area contributed by atoms with Crippen molar-refractivity contribution in [2.75, 3.05) is 0 Å². The topological polar surface area (TPSA) is 77.8 Å². The Kier molecular flexibility index (Phi) is 9.83. The largest absolute Gasteiger partial charge is 0.481 e. The normalized spacial score (nSPS) is 27.0. The molecule has 4 heteroatoms. The first-order valence-corrected chi connectivity index (χ1v) is 10.00. The van der Waals surface area contributed by atoms with Crippen molar-refractivity contribution >= 4 is 5.97 Å². The average Bonchev–Trinajstić information content (AvgIpc) is 2.86. The SMILES string of the molecule is CC#CCC(C)(C)[C@H](O)/C=C/[C@@H]1[C@@H](C/C=C\CCCC(=O)O)[C@@H](O)C[C@H]1C. The van der Waals surface area contributed by atoms with Crippen LogP contribution < -0.4 is 0 Å². The van der Waals surface area contributed by atoms with Crippen LogP contribution in [0, 0.1) is 35.0 Å². The molecule has 0 aromatic heterocycles. The number of unbranched alkanes of at least 4 members (excludes halogenated alkanes) is 1. The van der Waals surface area contributed by atoms with Crippen molar-refractivity contribution in [2.24, 2.45) is 23.2 Å². The molecule has 27 heavy (non-hydrogen) atoms. The smallest absolute Gasteiger partial charge is 0.303 e. The van der Waals surface area contributed by atoms with E-state index < -0.39 is 12.1 Å². The van der Waals surface area contributed by atoms with Crippen LogP contribution in [0.5, 0.6) is 0 Å². The quantitative estimate of drug-likeness (QED) is 0.304. The summed E-state index contributed by atoms with van der Waals surface area (Å²) < 4.78 is 0. The predicted molar refractivity (Wildman–Crippen MR) is 109 cm³/mol. The summed E-state index contributed by atoms with van der Waals surface area (Å²) >= 11 is 0. The van der Waals surface area contributed by atoms with Crippen LogP contribution in [0.2, 0.25) is 0 Å². The number of carbonyl (C=O) groups is 1. The number of hydrogen-bond acceptors (Lipinski definition) is 3. The van der Waals surface area contributed by atoms with E-state index >= 15 is 0 Å². The molecular weight excluding hydrogens is 340 g/mol. The Morgan fingerprint density at radius 3 is 2.67 bits per heavy atom. The van der Waals surface area contributed by atoms with Crippen LogP contribution in [0.3, 0.4) is 0 Å². The van der Waals surface area contributed by atoms with E-state index in [2.05, 4.69) is 30.9 Å². The highest BCUT2D eigenvalue weighted by Gasteiger charge is 2.38. The Morgan fingerprint density at radius 2 is 2.04 bits per heavy atom. The van der Waals surface area contributed by atoms with Gasteiger partial charge >= 0.3 is 5.97 Å². The van der Waals surface area contributed by atoms with Gasteiger partial charge < -0.3 is 15.3 Å². The van der Waals surface area contributed by atoms with Crippen LogP contribution in [-0.4, -0.2) is 33.5 Å². The number of hydrogen-bond donors (Lipinski definition) is 3. The van der Waals surface area contributed by atoms with Gasteiger partial charge in [0.2, 0.25) is 0 Å². The molecule has 1 aliphatic carbocycles. The molecular formula is C23H36O4. The molecule has 3 N–H and O–H groups in total. The third-order valence-electron chi connectivity index (χ3n) is 5.63. The van der Waals surface area contributed by atoms with Crippen LogP contribution in [0.15, 0.2) is 24.3 Å². The lowest BCUT2D eigenvalue weighted by atomic mass is 9.81. The summed E-state index contributed by atoms with van der Waals surface area (Å²) in [6.07, 6.45) is 10.9. The van der Waals surface area contributed by atoms with Gasteiger partial charge in [0.25, 0.3) is 0 Å². The minimum Gasteiger partial charge on any atom is -0.481 e. The van der Waals surface area contributed by atoms with E-state index in [9.17, 15) is 15.0 Å². The summed E-state index contributed by atoms with van der Waals surface area (Å²) in [4.78, 5) is 10.5. The number of aliphatic hydroxyl groups is 2. The van der Waals surface area contributed by atoms with Crippen molar-refractivity contribution in [2.45, 2.75) is 78.4 Å². The molecule has 0 heterocycles. The lowest BCUT2D eigenvalue weighted by molar-refractivity contribution is -0.137. The molecule has 0 aliphatic heterocycles. The maximum Gasteiger partial charge on any atom is 0.303 e. The fraction of sp³-hybridized carbons (Fsp3) is 0.696. The van der Waals surface area contributed by atoms with Gasteiger partial charge in [-0.15, -0.1) is 11.8 Å². The zero-order valence-electron chi connectivity index (χ0n) is 17.2. The fourth-order valence-corrected chi connectivity index (χ4v) is 3.70. The highest BCUT2D eigenvalue weighted by atomic mass is 16.4. The summed E-state index contributed by atoms with van der Waals surface area (Å²) in [6, 6.07) is 0. The second kappa shape index (κ2) is 11.3. The standard InChI is InChI=1S/C23H36O4/c1-5-6-15-23(3,4)21(25)14-13-18-17(2)16-20(24)19(18)11-9-7-8-10-12-22(26)27/h7,9,13-14,17-21,24-25H,8,10-12,15-16H2,1-4H3,(H,26,27)/b9-7-,14-13+/t17-,18+,19-,20+,21-/m1/s1. The summed E-state index contributed by atoms with van der Waals surface area (Å²) in [6.45, 7) is 7.97. The highest BCUT2D eigenvalue weighted by Crippen LogP contribution is 2.40. The second-order valence-electron chi connectivity index (χ2n) is 8.44. The van der Waals surface area contributed by atoms with Gasteiger partial charge in [-0.05, 0) is 50.4 Å². The second-order valence-corrected chi connectivity index (χ2v) is 8.44. The van der Waals surface area contributed by atoms with Crippen molar-refractivity contribution in [3.05, 3.63) is 24.3 Å². The van der Waals surface area contributed by atoms with E-state index in [4.69, 9.17) is 5.11 Å². The fourth-order valence-electron chi connectivity index (χ4n) is 3.70. The number of aliphatic carboxylic acids is 1. The molecule has 1 fully saturated rings. The van der Waals surface area contributed by atoms with Crippen LogP contribution >= 0.6 is 0 Å². The molecule has 0 amide bonds. The van der Waals surface area contributed by atoms with E-state index in [1.807, 2.05) is 26.0 Å². The molecule has 1 saturated carbocycles. The van der Waals surface area contributed by atoms with Gasteiger partial charge in [0, 0.05) is 18.3 Å². The zero-order valence-corrected chi connectivity index (χ0v) is 17.2. The molecule has 0 bridgehead atoms. The average molecular weight is 377 g/mol. The predicted octanol–water partition coefficient (Wildman–Crippen LogP) is 4.18. The molecule has 1 aliphatic rings. The summed E-state index contributed by atoms with van der Waals surface area (Å²) in [5.74, 6) is 5.89. The number of rotatable bonds is 10. The van der Waals surface area contributed by atoms with Crippen LogP contribution in [0.4, 0.5) is 0 Å². The summed E-state index contributed by atoms with van der Waals surface area (Å²) in [7, 11) is 0. The lowest BCUT2D eigenvalue weighted by Gasteiger charge is -2.27. The van der Waals surface area contributed by atoms with Gasteiger partial charge in [0.15, 0.2) is 0 Å². The van der Waals surface area contributed by atoms with E-state index in [1.165, 1.54) is 0 Å².